The number of halogens is 1. The van der Waals surface area contributed by atoms with E-state index in [0.717, 1.165) is 17.6 Å². The van der Waals surface area contributed by atoms with Gasteiger partial charge in [-0.25, -0.2) is 0 Å². The molecule has 0 spiro atoms. The lowest BCUT2D eigenvalue weighted by molar-refractivity contribution is 0.170. The summed E-state index contributed by atoms with van der Waals surface area (Å²) in [5.74, 6) is 0.411. The molecule has 0 N–H and O–H groups in total. The Balaban J connectivity index is 2.31. The van der Waals surface area contributed by atoms with E-state index >= 15 is 0 Å². The maximum absolute atomic E-state index is 9.43. The summed E-state index contributed by atoms with van der Waals surface area (Å²) in [6.45, 7) is 10.6. The molecule has 0 aromatic heterocycles. The average Bonchev–Trinajstić information content (AvgIpc) is 2.71. The largest absolute Gasteiger partial charge is 0.297 e. The van der Waals surface area contributed by atoms with Crippen molar-refractivity contribution in [2.75, 3.05) is 13.1 Å². The molecule has 19 heavy (non-hydrogen) atoms. The Morgan fingerprint density at radius 1 is 1.26 bits per heavy atom. The second kappa shape index (κ2) is 5.26. The van der Waals surface area contributed by atoms with Crippen LogP contribution in [0.25, 0.3) is 0 Å². The molecule has 1 saturated heterocycles. The van der Waals surface area contributed by atoms with Gasteiger partial charge in [-0.15, -0.1) is 0 Å². The van der Waals surface area contributed by atoms with Crippen molar-refractivity contribution in [3.8, 4) is 6.07 Å². The summed E-state index contributed by atoms with van der Waals surface area (Å²) in [4.78, 5) is 2.42. The third-order valence-corrected chi connectivity index (χ3v) is 4.38. The zero-order valence-electron chi connectivity index (χ0n) is 12.1. The Morgan fingerprint density at radius 2 is 1.95 bits per heavy atom. The summed E-state index contributed by atoms with van der Waals surface area (Å²) in [5.41, 5.74) is 2.66. The topological polar surface area (TPSA) is 27.0 Å². The maximum atomic E-state index is 9.43. The van der Waals surface area contributed by atoms with Crippen molar-refractivity contribution < 1.29 is 0 Å². The average molecular weight is 321 g/mol. The summed E-state index contributed by atoms with van der Waals surface area (Å²) in [5, 5.41) is 9.43. The van der Waals surface area contributed by atoms with Crippen LogP contribution >= 0.6 is 15.9 Å². The first-order valence-electron chi connectivity index (χ1n) is 6.73. The molecule has 1 aliphatic rings. The lowest BCUT2D eigenvalue weighted by atomic mass is 9.89. The normalized spacial score (nSPS) is 24.4. The summed E-state index contributed by atoms with van der Waals surface area (Å²) < 4.78 is 1.10. The predicted octanol–water partition coefficient (Wildman–Crippen LogP) is 4.10. The van der Waals surface area contributed by atoms with E-state index in [1.54, 1.807) is 0 Å². The van der Waals surface area contributed by atoms with Gasteiger partial charge in [0.15, 0.2) is 0 Å². The van der Waals surface area contributed by atoms with E-state index in [4.69, 9.17) is 0 Å². The molecule has 1 heterocycles. The van der Waals surface area contributed by atoms with Gasteiger partial charge in [-0.1, -0.05) is 22.0 Å². The second-order valence-electron chi connectivity index (χ2n) is 6.48. The Bertz CT molecular complexity index is 490. The highest BCUT2D eigenvalue weighted by atomic mass is 79.9. The van der Waals surface area contributed by atoms with Gasteiger partial charge in [-0.05, 0) is 51.0 Å². The Labute approximate surface area is 124 Å². The molecule has 0 saturated carbocycles. The van der Waals surface area contributed by atoms with Crippen molar-refractivity contribution in [1.29, 1.82) is 5.26 Å². The lowest BCUT2D eigenvalue weighted by Crippen LogP contribution is -2.39. The zero-order chi connectivity index (χ0) is 14.2. The molecule has 0 radical (unpaired) electrons. The van der Waals surface area contributed by atoms with Gasteiger partial charge in [0.2, 0.25) is 0 Å². The minimum absolute atomic E-state index is 0.0907. The zero-order valence-corrected chi connectivity index (χ0v) is 13.7. The molecule has 2 rings (SSSR count). The molecule has 2 atom stereocenters. The van der Waals surface area contributed by atoms with Crippen molar-refractivity contribution >= 4 is 15.9 Å². The molecule has 1 aromatic rings. The fourth-order valence-corrected chi connectivity index (χ4v) is 3.42. The van der Waals surface area contributed by atoms with Crippen LogP contribution in [0.4, 0.5) is 0 Å². The number of nitrogens with zero attached hydrogens (tertiary/aromatic N) is 2. The molecule has 102 valence electrons. The van der Waals surface area contributed by atoms with Gasteiger partial charge in [0.05, 0.1) is 12.0 Å². The molecule has 0 unspecified atom stereocenters. The number of hydrogen-bond acceptors (Lipinski definition) is 2. The van der Waals surface area contributed by atoms with E-state index in [1.807, 2.05) is 0 Å². The van der Waals surface area contributed by atoms with Crippen LogP contribution in [0.5, 0.6) is 0 Å². The number of benzene rings is 1. The highest BCUT2D eigenvalue weighted by Crippen LogP contribution is 2.37. The molecule has 0 bridgehead atoms. The van der Waals surface area contributed by atoms with E-state index < -0.39 is 0 Å². The van der Waals surface area contributed by atoms with Gasteiger partial charge in [0.1, 0.15) is 0 Å². The van der Waals surface area contributed by atoms with Crippen LogP contribution in [0.3, 0.4) is 0 Å². The van der Waals surface area contributed by atoms with Crippen molar-refractivity contribution in [2.45, 2.75) is 39.2 Å². The number of aryl methyl sites for hydroxylation is 1. The van der Waals surface area contributed by atoms with Crippen LogP contribution in [0.15, 0.2) is 22.7 Å². The quantitative estimate of drug-likeness (QED) is 0.779. The van der Waals surface area contributed by atoms with Gasteiger partial charge in [-0.3, -0.25) is 4.90 Å². The molecular formula is C16H21BrN2. The van der Waals surface area contributed by atoms with Crippen LogP contribution in [-0.2, 0) is 0 Å². The van der Waals surface area contributed by atoms with Crippen molar-refractivity contribution in [3.63, 3.8) is 0 Å². The highest BCUT2D eigenvalue weighted by molar-refractivity contribution is 9.10. The third kappa shape index (κ3) is 3.19. The summed E-state index contributed by atoms with van der Waals surface area (Å²) in [6.07, 6.45) is 0. The standard InChI is InChI=1S/C16H21BrN2/c1-11-5-12(7-14(17)6-11)15-10-19(16(2,3)4)9-13(15)8-18/h5-7,13,15H,9-10H2,1-4H3/t13-,15+/m0/s1. The molecule has 1 aliphatic heterocycles. The van der Waals surface area contributed by atoms with Crippen LogP contribution in [0.2, 0.25) is 0 Å². The van der Waals surface area contributed by atoms with Gasteiger partial charge >= 0.3 is 0 Å². The lowest BCUT2D eigenvalue weighted by Gasteiger charge is -2.31. The van der Waals surface area contributed by atoms with E-state index in [9.17, 15) is 5.26 Å². The fraction of sp³-hybridized carbons (Fsp3) is 0.562. The maximum Gasteiger partial charge on any atom is 0.0676 e. The van der Waals surface area contributed by atoms with Gasteiger partial charge in [0.25, 0.3) is 0 Å². The van der Waals surface area contributed by atoms with Crippen molar-refractivity contribution in [3.05, 3.63) is 33.8 Å². The van der Waals surface area contributed by atoms with Crippen LogP contribution in [0, 0.1) is 24.2 Å². The van der Waals surface area contributed by atoms with Crippen LogP contribution in [-0.4, -0.2) is 23.5 Å². The summed E-state index contributed by atoms with van der Waals surface area (Å²) >= 11 is 3.56. The molecule has 0 amide bonds. The third-order valence-electron chi connectivity index (χ3n) is 3.93. The molecular weight excluding hydrogens is 300 g/mol. The number of nitriles is 1. The molecule has 0 aliphatic carbocycles. The minimum Gasteiger partial charge on any atom is -0.297 e. The summed E-state index contributed by atoms with van der Waals surface area (Å²) in [7, 11) is 0. The number of likely N-dealkylation sites (tertiary alicyclic amines) is 1. The van der Waals surface area contributed by atoms with Gasteiger partial charge in [0, 0.05) is 29.0 Å². The smallest absolute Gasteiger partial charge is 0.0676 e. The summed E-state index contributed by atoms with van der Waals surface area (Å²) in [6, 6.07) is 8.98. The first-order valence-corrected chi connectivity index (χ1v) is 7.52. The predicted molar refractivity (Wildman–Crippen MR) is 82.0 cm³/mol. The van der Waals surface area contributed by atoms with Crippen molar-refractivity contribution in [2.24, 2.45) is 5.92 Å². The highest BCUT2D eigenvalue weighted by Gasteiger charge is 2.38. The molecule has 1 aromatic carbocycles. The second-order valence-corrected chi connectivity index (χ2v) is 7.40. The monoisotopic (exact) mass is 320 g/mol. The Hall–Kier alpha value is -0.850. The molecule has 1 fully saturated rings. The van der Waals surface area contributed by atoms with Gasteiger partial charge < -0.3 is 0 Å². The first kappa shape index (κ1) is 14.6. The fourth-order valence-electron chi connectivity index (χ4n) is 2.80. The van der Waals surface area contributed by atoms with E-state index in [1.165, 1.54) is 11.1 Å². The van der Waals surface area contributed by atoms with Crippen LogP contribution < -0.4 is 0 Å². The molecule has 3 heteroatoms. The Morgan fingerprint density at radius 3 is 2.47 bits per heavy atom. The van der Waals surface area contributed by atoms with E-state index in [-0.39, 0.29) is 11.5 Å². The van der Waals surface area contributed by atoms with E-state index in [2.05, 4.69) is 72.8 Å². The van der Waals surface area contributed by atoms with Crippen molar-refractivity contribution in [1.82, 2.24) is 4.90 Å². The van der Waals surface area contributed by atoms with Crippen LogP contribution in [0.1, 0.15) is 37.8 Å². The number of rotatable bonds is 1. The number of hydrogen-bond donors (Lipinski definition) is 0. The SMILES string of the molecule is Cc1cc(Br)cc([C@H]2CN(C(C)(C)C)C[C@@H]2C#N)c1. The van der Waals surface area contributed by atoms with E-state index in [0.29, 0.717) is 5.92 Å². The van der Waals surface area contributed by atoms with Gasteiger partial charge in [-0.2, -0.15) is 5.26 Å². The molecule has 2 nitrogen and oxygen atoms in total. The first-order chi connectivity index (χ1) is 8.81. The minimum atomic E-state index is 0.0907. The Kier molecular flexibility index (Phi) is 4.03.